The highest BCUT2D eigenvalue weighted by Gasteiger charge is 1.91. The van der Waals surface area contributed by atoms with Crippen LogP contribution < -0.4 is 0 Å². The lowest BCUT2D eigenvalue weighted by Gasteiger charge is -1.99. The van der Waals surface area contributed by atoms with Crippen molar-refractivity contribution in [3.63, 3.8) is 0 Å². The summed E-state index contributed by atoms with van der Waals surface area (Å²) in [6.07, 6.45) is 14.1. The topological polar surface area (TPSA) is 0 Å². The Morgan fingerprint density at radius 2 is 1.71 bits per heavy atom. The molecule has 0 nitrogen and oxygen atoms in total. The predicted octanol–water partition coefficient (Wildman–Crippen LogP) is 4.83. The van der Waals surface area contributed by atoms with Crippen LogP contribution in [0.4, 0.5) is 0 Å². The zero-order chi connectivity index (χ0) is 10.1. The van der Waals surface area contributed by atoms with E-state index < -0.39 is 0 Å². The Morgan fingerprint density at radius 1 is 1.07 bits per heavy atom. The molecule has 0 aromatic carbocycles. The Bertz CT molecular complexity index is 260. The van der Waals surface area contributed by atoms with E-state index in [4.69, 9.17) is 0 Å². The molecule has 0 fully saturated rings. The first-order valence-corrected chi connectivity index (χ1v) is 4.51. The van der Waals surface area contributed by atoms with Crippen LogP contribution >= 0.6 is 0 Å². The molecule has 0 amide bonds. The van der Waals surface area contributed by atoms with Crippen molar-refractivity contribution >= 4 is 0 Å². The Labute approximate surface area is 89.0 Å². The van der Waals surface area contributed by atoms with Crippen molar-refractivity contribution in [2.75, 3.05) is 0 Å². The summed E-state index contributed by atoms with van der Waals surface area (Å²) in [6, 6.07) is 0. The highest BCUT2D eigenvalue weighted by Crippen LogP contribution is 2.11. The van der Waals surface area contributed by atoms with Gasteiger partial charge in [0, 0.05) is 0 Å². The van der Waals surface area contributed by atoms with Gasteiger partial charge in [-0.15, -0.1) is 0 Å². The molecule has 0 unspecified atom stereocenters. The van der Waals surface area contributed by atoms with Crippen LogP contribution in [0.25, 0.3) is 0 Å². The number of rotatable bonds is 4. The van der Waals surface area contributed by atoms with Gasteiger partial charge in [-0.2, -0.15) is 0 Å². The van der Waals surface area contributed by atoms with E-state index in [0.29, 0.717) is 0 Å². The van der Waals surface area contributed by atoms with Crippen LogP contribution in [0.1, 0.15) is 28.2 Å². The fraction of sp³-hybridized carbons (Fsp3) is 0.286. The summed E-state index contributed by atoms with van der Waals surface area (Å²) in [5, 5.41) is 0. The van der Waals surface area contributed by atoms with E-state index in [9.17, 15) is 0 Å². The maximum absolute atomic E-state index is 3.69. The second-order valence-electron chi connectivity index (χ2n) is 2.73. The highest BCUT2D eigenvalue weighted by molar-refractivity contribution is 5.41. The molecule has 0 rings (SSSR count). The van der Waals surface area contributed by atoms with Crippen LogP contribution in [-0.2, 0) is 0 Å². The zero-order valence-corrected chi connectivity index (χ0v) is 8.75. The van der Waals surface area contributed by atoms with E-state index in [0.717, 1.165) is 0 Å². The van der Waals surface area contributed by atoms with Gasteiger partial charge in [-0.05, 0) is 31.9 Å². The average Bonchev–Trinajstić information content (AvgIpc) is 2.14. The fourth-order valence-electron chi connectivity index (χ4n) is 0.962. The highest BCUT2D eigenvalue weighted by atomic mass is 14.0. The molecule has 0 aliphatic rings. The first kappa shape index (κ1) is 15.2. The summed E-state index contributed by atoms with van der Waals surface area (Å²) in [5.74, 6) is 0. The number of hydrogen-bond acceptors (Lipinski definition) is 0. The molecule has 0 N–H and O–H groups in total. The summed E-state index contributed by atoms with van der Waals surface area (Å²) >= 11 is 0. The Morgan fingerprint density at radius 3 is 2.14 bits per heavy atom. The van der Waals surface area contributed by atoms with E-state index in [1.54, 1.807) is 0 Å². The molecule has 0 bridgehead atoms. The summed E-state index contributed by atoms with van der Waals surface area (Å²) in [6.45, 7) is 9.81. The lowest BCUT2D eigenvalue weighted by Crippen LogP contribution is -1.79. The lowest BCUT2D eigenvalue weighted by molar-refractivity contribution is 1.42. The van der Waals surface area contributed by atoms with Gasteiger partial charge in [-0.3, -0.25) is 0 Å². The van der Waals surface area contributed by atoms with Gasteiger partial charge in [0.15, 0.2) is 0 Å². The minimum atomic E-state index is 0. The van der Waals surface area contributed by atoms with Gasteiger partial charge in [0.25, 0.3) is 0 Å². The first-order chi connectivity index (χ1) is 6.26. The summed E-state index contributed by atoms with van der Waals surface area (Å²) in [7, 11) is 0. The third-order valence-electron chi connectivity index (χ3n) is 1.64. The standard InChI is InChI=1S/C13H18.CH4/c1-5-8-11-12(4)13(9-6-2)10-7-3;/h5-11H,2H2,1,3-4H3;1H4/b8-5-,10-7-,12-11-,13-9+;. The van der Waals surface area contributed by atoms with Gasteiger partial charge >= 0.3 is 0 Å². The molecule has 14 heavy (non-hydrogen) atoms. The SMILES string of the molecule is C.C=C/C=C(\C=C/C)C(/C)=C\C=C/C. The molecule has 0 radical (unpaired) electrons. The second-order valence-corrected chi connectivity index (χ2v) is 2.73. The zero-order valence-electron chi connectivity index (χ0n) is 8.75. The Kier molecular flexibility index (Phi) is 10.6. The molecule has 0 aliphatic heterocycles. The van der Waals surface area contributed by atoms with Gasteiger partial charge in [-0.25, -0.2) is 0 Å². The van der Waals surface area contributed by atoms with Crippen LogP contribution in [-0.4, -0.2) is 0 Å². The van der Waals surface area contributed by atoms with Gasteiger partial charge in [0.2, 0.25) is 0 Å². The minimum absolute atomic E-state index is 0. The van der Waals surface area contributed by atoms with Crippen LogP contribution in [0.15, 0.2) is 60.3 Å². The molecule has 0 heterocycles. The van der Waals surface area contributed by atoms with Gasteiger partial charge < -0.3 is 0 Å². The van der Waals surface area contributed by atoms with Crippen molar-refractivity contribution < 1.29 is 0 Å². The molecular weight excluding hydrogens is 168 g/mol. The van der Waals surface area contributed by atoms with Gasteiger partial charge in [0.1, 0.15) is 0 Å². The maximum atomic E-state index is 3.69. The Hall–Kier alpha value is -1.30. The molecule has 78 valence electrons. The number of hydrogen-bond donors (Lipinski definition) is 0. The number of allylic oxidation sites excluding steroid dienone is 9. The summed E-state index contributed by atoms with van der Waals surface area (Å²) in [5.41, 5.74) is 2.45. The lowest BCUT2D eigenvalue weighted by atomic mass is 10.1. The Balaban J connectivity index is 0. The maximum Gasteiger partial charge on any atom is -0.0231 e. The second kappa shape index (κ2) is 9.79. The van der Waals surface area contributed by atoms with Gasteiger partial charge in [-0.1, -0.05) is 56.5 Å². The van der Waals surface area contributed by atoms with E-state index in [1.165, 1.54) is 11.1 Å². The van der Waals surface area contributed by atoms with Crippen molar-refractivity contribution in [3.8, 4) is 0 Å². The van der Waals surface area contributed by atoms with Crippen molar-refractivity contribution in [2.45, 2.75) is 28.2 Å². The normalized spacial score (nSPS) is 13.4. The third-order valence-corrected chi connectivity index (χ3v) is 1.64. The monoisotopic (exact) mass is 190 g/mol. The molecule has 0 aromatic heterocycles. The third kappa shape index (κ3) is 6.24. The summed E-state index contributed by atoms with van der Waals surface area (Å²) < 4.78 is 0. The van der Waals surface area contributed by atoms with E-state index in [1.807, 2.05) is 44.2 Å². The molecule has 0 saturated carbocycles. The molecule has 0 aliphatic carbocycles. The van der Waals surface area contributed by atoms with E-state index in [-0.39, 0.29) is 7.43 Å². The molecule has 0 saturated heterocycles. The van der Waals surface area contributed by atoms with Crippen molar-refractivity contribution in [2.24, 2.45) is 0 Å². The molecule has 0 spiro atoms. The molecule has 0 aromatic rings. The molecule has 0 heteroatoms. The largest absolute Gasteiger partial charge is 0.0990 e. The van der Waals surface area contributed by atoms with Crippen LogP contribution in [0, 0.1) is 0 Å². The van der Waals surface area contributed by atoms with Gasteiger partial charge in [0.05, 0.1) is 0 Å². The van der Waals surface area contributed by atoms with Crippen molar-refractivity contribution in [1.29, 1.82) is 0 Å². The van der Waals surface area contributed by atoms with Crippen LogP contribution in [0.5, 0.6) is 0 Å². The summed E-state index contributed by atoms with van der Waals surface area (Å²) in [4.78, 5) is 0. The van der Waals surface area contributed by atoms with Crippen molar-refractivity contribution in [1.82, 2.24) is 0 Å². The van der Waals surface area contributed by atoms with Crippen LogP contribution in [0.2, 0.25) is 0 Å². The average molecular weight is 190 g/mol. The van der Waals surface area contributed by atoms with Crippen LogP contribution in [0.3, 0.4) is 0 Å². The van der Waals surface area contributed by atoms with E-state index in [2.05, 4.69) is 25.7 Å². The minimum Gasteiger partial charge on any atom is -0.0990 e. The quantitative estimate of drug-likeness (QED) is 0.557. The first-order valence-electron chi connectivity index (χ1n) is 4.51. The molecular formula is C14H22. The van der Waals surface area contributed by atoms with E-state index >= 15 is 0 Å². The molecule has 0 atom stereocenters. The predicted molar refractivity (Wildman–Crippen MR) is 68.4 cm³/mol. The van der Waals surface area contributed by atoms with Crippen molar-refractivity contribution in [3.05, 3.63) is 60.3 Å². The fourth-order valence-corrected chi connectivity index (χ4v) is 0.962. The smallest absolute Gasteiger partial charge is 0.0231 e.